The van der Waals surface area contributed by atoms with E-state index in [2.05, 4.69) is 35.8 Å². The van der Waals surface area contributed by atoms with E-state index >= 15 is 0 Å². The lowest BCUT2D eigenvalue weighted by Crippen LogP contribution is -2.54. The molecule has 1 atom stereocenters. The Morgan fingerprint density at radius 2 is 2.08 bits per heavy atom. The lowest BCUT2D eigenvalue weighted by atomic mass is 10.1. The Hall–Kier alpha value is -1.92. The summed E-state index contributed by atoms with van der Waals surface area (Å²) in [5.74, 6) is 1.87. The molecule has 130 valence electrons. The topological polar surface area (TPSA) is 52.4 Å². The summed E-state index contributed by atoms with van der Waals surface area (Å²) < 4.78 is 14.0. The molecule has 0 N–H and O–H groups in total. The van der Waals surface area contributed by atoms with E-state index in [0.717, 1.165) is 37.8 Å². The van der Waals surface area contributed by atoms with E-state index in [1.165, 1.54) is 0 Å². The highest BCUT2D eigenvalue weighted by Gasteiger charge is 2.34. The van der Waals surface area contributed by atoms with E-state index in [9.17, 15) is 0 Å². The highest BCUT2D eigenvalue weighted by atomic mass is 16.5. The molecule has 6 nitrogen and oxygen atoms in total. The number of morpholine rings is 1. The summed E-state index contributed by atoms with van der Waals surface area (Å²) in [7, 11) is 0. The van der Waals surface area contributed by atoms with Crippen molar-refractivity contribution in [1.29, 1.82) is 0 Å². The van der Waals surface area contributed by atoms with Crippen LogP contribution in [0.15, 0.2) is 36.7 Å². The first-order chi connectivity index (χ1) is 11.6. The van der Waals surface area contributed by atoms with Gasteiger partial charge in [-0.15, -0.1) is 0 Å². The maximum atomic E-state index is 6.19. The summed E-state index contributed by atoms with van der Waals surface area (Å²) in [6.07, 6.45) is 1.66. The van der Waals surface area contributed by atoms with Gasteiger partial charge in [0.15, 0.2) is 0 Å². The van der Waals surface area contributed by atoms with E-state index in [0.29, 0.717) is 6.61 Å². The summed E-state index contributed by atoms with van der Waals surface area (Å²) >= 11 is 0. The fourth-order valence-electron chi connectivity index (χ4n) is 3.20. The molecule has 0 amide bonds. The van der Waals surface area contributed by atoms with Gasteiger partial charge in [0.05, 0.1) is 12.1 Å². The van der Waals surface area contributed by atoms with E-state index < -0.39 is 0 Å². The molecular formula is C18H26N4O2. The van der Waals surface area contributed by atoms with E-state index in [1.807, 2.05) is 35.0 Å². The number of benzene rings is 1. The Morgan fingerprint density at radius 1 is 1.29 bits per heavy atom. The molecule has 1 aliphatic heterocycles. The number of para-hydroxylation sites is 1. The zero-order chi connectivity index (χ0) is 17.0. The predicted molar refractivity (Wildman–Crippen MR) is 91.9 cm³/mol. The minimum atomic E-state index is -0.208. The molecule has 0 saturated carbocycles. The summed E-state index contributed by atoms with van der Waals surface area (Å²) in [5, 5.41) is 4.25. The van der Waals surface area contributed by atoms with Crippen LogP contribution in [0.3, 0.4) is 0 Å². The number of aryl methyl sites for hydroxylation is 1. The van der Waals surface area contributed by atoms with Crippen LogP contribution in [-0.4, -0.2) is 51.1 Å². The molecule has 1 aromatic heterocycles. The van der Waals surface area contributed by atoms with E-state index in [4.69, 9.17) is 9.47 Å². The first kappa shape index (κ1) is 16.9. The SMILES string of the molecule is CCn1ncnc1CN1CC(COc2ccccc2)OC(C)(C)C1. The van der Waals surface area contributed by atoms with Gasteiger partial charge >= 0.3 is 0 Å². The summed E-state index contributed by atoms with van der Waals surface area (Å²) in [4.78, 5) is 6.76. The largest absolute Gasteiger partial charge is 0.491 e. The second-order valence-corrected chi connectivity index (χ2v) is 6.79. The lowest BCUT2D eigenvalue weighted by Gasteiger charge is -2.42. The van der Waals surface area contributed by atoms with Crippen LogP contribution >= 0.6 is 0 Å². The van der Waals surface area contributed by atoms with Crippen molar-refractivity contribution in [3.05, 3.63) is 42.5 Å². The lowest BCUT2D eigenvalue weighted by molar-refractivity contribution is -0.148. The van der Waals surface area contributed by atoms with Crippen molar-refractivity contribution in [3.63, 3.8) is 0 Å². The van der Waals surface area contributed by atoms with Gasteiger partial charge in [0, 0.05) is 19.6 Å². The zero-order valence-electron chi connectivity index (χ0n) is 14.7. The molecule has 6 heteroatoms. The van der Waals surface area contributed by atoms with Crippen LogP contribution in [0.4, 0.5) is 0 Å². The van der Waals surface area contributed by atoms with E-state index in [-0.39, 0.29) is 11.7 Å². The molecular weight excluding hydrogens is 304 g/mol. The van der Waals surface area contributed by atoms with Gasteiger partial charge in [-0.3, -0.25) is 4.90 Å². The number of ether oxygens (including phenoxy) is 2. The Morgan fingerprint density at radius 3 is 2.83 bits per heavy atom. The number of rotatable bonds is 6. The molecule has 3 rings (SSSR count). The second kappa shape index (κ2) is 7.32. The van der Waals surface area contributed by atoms with Crippen molar-refractivity contribution in [2.24, 2.45) is 0 Å². The molecule has 0 spiro atoms. The number of aromatic nitrogens is 3. The maximum absolute atomic E-state index is 6.19. The zero-order valence-corrected chi connectivity index (χ0v) is 14.7. The molecule has 1 saturated heterocycles. The van der Waals surface area contributed by atoms with Gasteiger partial charge in [-0.25, -0.2) is 9.67 Å². The van der Waals surface area contributed by atoms with Crippen molar-refractivity contribution < 1.29 is 9.47 Å². The monoisotopic (exact) mass is 330 g/mol. The molecule has 0 bridgehead atoms. The summed E-state index contributed by atoms with van der Waals surface area (Å²) in [5.41, 5.74) is -0.208. The molecule has 1 unspecified atom stereocenters. The standard InChI is InChI=1S/C18H26N4O2/c1-4-22-17(19-14-20-22)11-21-10-16(24-18(2,3)13-21)12-23-15-8-6-5-7-9-15/h5-9,14,16H,4,10-13H2,1-3H3. The average molecular weight is 330 g/mol. The molecule has 2 aromatic rings. The molecule has 2 heterocycles. The summed E-state index contributed by atoms with van der Waals surface area (Å²) in [6, 6.07) is 9.87. The van der Waals surface area contributed by atoms with Crippen molar-refractivity contribution in [1.82, 2.24) is 19.7 Å². The van der Waals surface area contributed by atoms with Gasteiger partial charge < -0.3 is 9.47 Å². The Balaban J connectivity index is 1.61. The van der Waals surface area contributed by atoms with Crippen LogP contribution in [0, 0.1) is 0 Å². The van der Waals surface area contributed by atoms with Crippen LogP contribution < -0.4 is 4.74 Å². The Bertz CT molecular complexity index is 641. The fourth-order valence-corrected chi connectivity index (χ4v) is 3.20. The highest BCUT2D eigenvalue weighted by Crippen LogP contribution is 2.23. The first-order valence-electron chi connectivity index (χ1n) is 8.50. The molecule has 1 fully saturated rings. The highest BCUT2D eigenvalue weighted by molar-refractivity contribution is 5.20. The van der Waals surface area contributed by atoms with Crippen molar-refractivity contribution in [2.45, 2.75) is 45.6 Å². The molecule has 0 radical (unpaired) electrons. The van der Waals surface area contributed by atoms with Gasteiger partial charge in [-0.2, -0.15) is 5.10 Å². The number of nitrogens with zero attached hydrogens (tertiary/aromatic N) is 4. The van der Waals surface area contributed by atoms with Crippen LogP contribution in [0.2, 0.25) is 0 Å². The third kappa shape index (κ3) is 4.33. The van der Waals surface area contributed by atoms with Gasteiger partial charge in [-0.05, 0) is 32.9 Å². The quantitative estimate of drug-likeness (QED) is 0.814. The van der Waals surface area contributed by atoms with Gasteiger partial charge in [-0.1, -0.05) is 18.2 Å². The smallest absolute Gasteiger partial charge is 0.140 e. The van der Waals surface area contributed by atoms with E-state index in [1.54, 1.807) is 6.33 Å². The Labute approximate surface area is 143 Å². The number of hydrogen-bond acceptors (Lipinski definition) is 5. The predicted octanol–water partition coefficient (Wildman–Crippen LogP) is 2.36. The second-order valence-electron chi connectivity index (χ2n) is 6.79. The molecule has 24 heavy (non-hydrogen) atoms. The van der Waals surface area contributed by atoms with Crippen LogP contribution in [0.25, 0.3) is 0 Å². The van der Waals surface area contributed by atoms with Crippen molar-refractivity contribution in [3.8, 4) is 5.75 Å². The van der Waals surface area contributed by atoms with Crippen LogP contribution in [0.5, 0.6) is 5.75 Å². The van der Waals surface area contributed by atoms with Gasteiger partial charge in [0.2, 0.25) is 0 Å². The molecule has 0 aliphatic carbocycles. The van der Waals surface area contributed by atoms with Crippen LogP contribution in [-0.2, 0) is 17.8 Å². The summed E-state index contributed by atoms with van der Waals surface area (Å²) in [6.45, 7) is 10.2. The van der Waals surface area contributed by atoms with Crippen molar-refractivity contribution in [2.75, 3.05) is 19.7 Å². The average Bonchev–Trinajstić information content (AvgIpc) is 2.99. The van der Waals surface area contributed by atoms with Crippen molar-refractivity contribution >= 4 is 0 Å². The van der Waals surface area contributed by atoms with Crippen LogP contribution in [0.1, 0.15) is 26.6 Å². The Kier molecular flexibility index (Phi) is 5.16. The third-order valence-corrected chi connectivity index (χ3v) is 4.09. The fraction of sp³-hybridized carbons (Fsp3) is 0.556. The first-order valence-corrected chi connectivity index (χ1v) is 8.50. The molecule has 1 aromatic carbocycles. The minimum absolute atomic E-state index is 0.0342. The number of hydrogen-bond donors (Lipinski definition) is 0. The maximum Gasteiger partial charge on any atom is 0.140 e. The van der Waals surface area contributed by atoms with Gasteiger partial charge in [0.25, 0.3) is 0 Å². The van der Waals surface area contributed by atoms with Gasteiger partial charge in [0.1, 0.15) is 30.6 Å². The minimum Gasteiger partial charge on any atom is -0.491 e. The normalized spacial score (nSPS) is 20.9. The third-order valence-electron chi connectivity index (χ3n) is 4.09. The molecule has 1 aliphatic rings.